The molecule has 82 valence electrons. The van der Waals surface area contributed by atoms with Gasteiger partial charge >= 0.3 is 0 Å². The van der Waals surface area contributed by atoms with Crippen molar-refractivity contribution in [3.8, 4) is 0 Å². The molecule has 0 heterocycles. The minimum absolute atomic E-state index is 1.06. The Morgan fingerprint density at radius 1 is 0.647 bits per heavy atom. The van der Waals surface area contributed by atoms with Gasteiger partial charge in [0.25, 0.3) is 0 Å². The maximum absolute atomic E-state index is 3.65. The van der Waals surface area contributed by atoms with Gasteiger partial charge in [-0.05, 0) is 51.2 Å². The Hall–Kier alpha value is -0.860. The molecule has 0 spiro atoms. The minimum atomic E-state index is 1.06. The average Bonchev–Trinajstić information content (AvgIpc) is 2.71. The van der Waals surface area contributed by atoms with Crippen molar-refractivity contribution >= 4 is 53.4 Å². The summed E-state index contributed by atoms with van der Waals surface area (Å²) in [5.41, 5.74) is 2.89. The average molecular weight is 348 g/mol. The molecule has 0 bridgehead atoms. The first-order valence-electron chi connectivity index (χ1n) is 5.57. The zero-order valence-electron chi connectivity index (χ0n) is 8.93. The predicted octanol–water partition coefficient (Wildman–Crippen LogP) is 5.42. The predicted molar refractivity (Wildman–Crippen MR) is 79.7 cm³/mol. The van der Waals surface area contributed by atoms with E-state index >= 15 is 0 Å². The minimum Gasteiger partial charge on any atom is -0.0569 e. The van der Waals surface area contributed by atoms with E-state index < -0.39 is 0 Å². The Bertz CT molecular complexity index is 721. The van der Waals surface area contributed by atoms with Crippen LogP contribution in [0.15, 0.2) is 45.3 Å². The topological polar surface area (TPSA) is 0 Å². The summed E-state index contributed by atoms with van der Waals surface area (Å²) >= 11 is 7.29. The summed E-state index contributed by atoms with van der Waals surface area (Å²) in [5, 5.41) is 5.50. The standard InChI is InChI=1S/C15H8Br2/c16-12-5-1-8-7-9-2-6-13(17)11-4-3-10(12)14(8)15(9)11/h1-6H,7H2. The van der Waals surface area contributed by atoms with Crippen molar-refractivity contribution in [1.82, 2.24) is 0 Å². The molecule has 3 aromatic carbocycles. The van der Waals surface area contributed by atoms with Crippen LogP contribution in [-0.2, 0) is 6.42 Å². The van der Waals surface area contributed by atoms with Gasteiger partial charge in [0.2, 0.25) is 0 Å². The van der Waals surface area contributed by atoms with Gasteiger partial charge in [0.05, 0.1) is 0 Å². The van der Waals surface area contributed by atoms with Crippen LogP contribution in [0.5, 0.6) is 0 Å². The highest BCUT2D eigenvalue weighted by Gasteiger charge is 2.18. The molecule has 0 radical (unpaired) electrons. The lowest BCUT2D eigenvalue weighted by molar-refractivity contribution is 1.27. The molecule has 0 unspecified atom stereocenters. The second kappa shape index (κ2) is 3.33. The van der Waals surface area contributed by atoms with Crippen LogP contribution in [0.3, 0.4) is 0 Å². The van der Waals surface area contributed by atoms with Crippen LogP contribution in [0.25, 0.3) is 21.5 Å². The summed E-state index contributed by atoms with van der Waals surface area (Å²) in [4.78, 5) is 0. The van der Waals surface area contributed by atoms with E-state index in [-0.39, 0.29) is 0 Å². The first kappa shape index (κ1) is 10.1. The molecule has 17 heavy (non-hydrogen) atoms. The van der Waals surface area contributed by atoms with E-state index in [2.05, 4.69) is 68.3 Å². The van der Waals surface area contributed by atoms with E-state index in [9.17, 15) is 0 Å². The van der Waals surface area contributed by atoms with Gasteiger partial charge in [-0.15, -0.1) is 0 Å². The normalized spacial score (nSPS) is 13.1. The summed E-state index contributed by atoms with van der Waals surface area (Å²) in [6.07, 6.45) is 1.06. The molecule has 0 aliphatic heterocycles. The molecule has 0 saturated heterocycles. The third-order valence-electron chi connectivity index (χ3n) is 3.60. The number of hydrogen-bond acceptors (Lipinski definition) is 0. The quantitative estimate of drug-likeness (QED) is 0.372. The van der Waals surface area contributed by atoms with Crippen molar-refractivity contribution < 1.29 is 0 Å². The zero-order valence-corrected chi connectivity index (χ0v) is 12.1. The zero-order chi connectivity index (χ0) is 11.6. The summed E-state index contributed by atoms with van der Waals surface area (Å²) in [5.74, 6) is 0. The van der Waals surface area contributed by atoms with Crippen LogP contribution in [0.2, 0.25) is 0 Å². The molecule has 3 aromatic rings. The van der Waals surface area contributed by atoms with E-state index in [4.69, 9.17) is 0 Å². The molecule has 0 nitrogen and oxygen atoms in total. The molecule has 0 N–H and O–H groups in total. The summed E-state index contributed by atoms with van der Waals surface area (Å²) in [7, 11) is 0. The number of benzene rings is 3. The molecule has 0 aromatic heterocycles. The van der Waals surface area contributed by atoms with Crippen molar-refractivity contribution in [3.63, 3.8) is 0 Å². The van der Waals surface area contributed by atoms with Crippen LogP contribution >= 0.6 is 31.9 Å². The summed E-state index contributed by atoms with van der Waals surface area (Å²) in [6, 6.07) is 13.2. The van der Waals surface area contributed by atoms with Crippen LogP contribution in [-0.4, -0.2) is 0 Å². The van der Waals surface area contributed by atoms with E-state index in [1.54, 1.807) is 0 Å². The highest BCUT2D eigenvalue weighted by atomic mass is 79.9. The number of rotatable bonds is 0. The Morgan fingerprint density at radius 2 is 1.12 bits per heavy atom. The molecule has 0 amide bonds. The molecule has 1 aliphatic rings. The van der Waals surface area contributed by atoms with Crippen LogP contribution in [0.1, 0.15) is 11.1 Å². The van der Waals surface area contributed by atoms with Crippen molar-refractivity contribution in [2.75, 3.05) is 0 Å². The van der Waals surface area contributed by atoms with Crippen LogP contribution < -0.4 is 0 Å². The monoisotopic (exact) mass is 346 g/mol. The third kappa shape index (κ3) is 1.23. The molecule has 2 heteroatoms. The molecule has 0 atom stereocenters. The number of halogens is 2. The highest BCUT2D eigenvalue weighted by Crippen LogP contribution is 2.42. The molecule has 1 aliphatic carbocycles. The molecular formula is C15H8Br2. The summed E-state index contributed by atoms with van der Waals surface area (Å²) in [6.45, 7) is 0. The molecule has 4 rings (SSSR count). The molecule has 0 fully saturated rings. The smallest absolute Gasteiger partial charge is 0.0254 e. The Morgan fingerprint density at radius 3 is 1.59 bits per heavy atom. The van der Waals surface area contributed by atoms with Crippen molar-refractivity contribution in [3.05, 3.63) is 56.5 Å². The van der Waals surface area contributed by atoms with Crippen molar-refractivity contribution in [2.24, 2.45) is 0 Å². The highest BCUT2D eigenvalue weighted by molar-refractivity contribution is 9.11. The number of hydrogen-bond donors (Lipinski definition) is 0. The fourth-order valence-electron chi connectivity index (χ4n) is 2.86. The van der Waals surface area contributed by atoms with Gasteiger partial charge in [-0.2, -0.15) is 0 Å². The lowest BCUT2D eigenvalue weighted by Crippen LogP contribution is -1.79. The largest absolute Gasteiger partial charge is 0.0569 e. The van der Waals surface area contributed by atoms with Crippen LogP contribution in [0.4, 0.5) is 0 Å². The first-order chi connectivity index (χ1) is 8.25. The SMILES string of the molecule is Brc1ccc2c3c1ccc1c(Br)ccc(c13)C2. The van der Waals surface area contributed by atoms with Gasteiger partial charge in [-0.3, -0.25) is 0 Å². The third-order valence-corrected chi connectivity index (χ3v) is 4.99. The Balaban J connectivity index is 2.39. The van der Waals surface area contributed by atoms with Crippen molar-refractivity contribution in [2.45, 2.75) is 6.42 Å². The second-order valence-electron chi connectivity index (χ2n) is 4.50. The van der Waals surface area contributed by atoms with Crippen molar-refractivity contribution in [1.29, 1.82) is 0 Å². The van der Waals surface area contributed by atoms with E-state index in [1.807, 2.05) is 0 Å². The van der Waals surface area contributed by atoms with Gasteiger partial charge in [0.15, 0.2) is 0 Å². The van der Waals surface area contributed by atoms with E-state index in [0.29, 0.717) is 0 Å². The van der Waals surface area contributed by atoms with Crippen LogP contribution in [0, 0.1) is 0 Å². The Labute approximate surface area is 116 Å². The summed E-state index contributed by atoms with van der Waals surface area (Å²) < 4.78 is 2.37. The lowest BCUT2D eigenvalue weighted by atomic mass is 10.0. The maximum atomic E-state index is 3.65. The fraction of sp³-hybridized carbons (Fsp3) is 0.0667. The van der Waals surface area contributed by atoms with Gasteiger partial charge in [0.1, 0.15) is 0 Å². The van der Waals surface area contributed by atoms with Gasteiger partial charge in [-0.25, -0.2) is 0 Å². The van der Waals surface area contributed by atoms with E-state index in [1.165, 1.54) is 41.6 Å². The van der Waals surface area contributed by atoms with Gasteiger partial charge in [0, 0.05) is 8.95 Å². The van der Waals surface area contributed by atoms with E-state index in [0.717, 1.165) is 6.42 Å². The first-order valence-corrected chi connectivity index (χ1v) is 7.15. The Kier molecular flexibility index (Phi) is 1.98. The lowest BCUT2D eigenvalue weighted by Gasteiger charge is -2.06. The van der Waals surface area contributed by atoms with Gasteiger partial charge < -0.3 is 0 Å². The fourth-order valence-corrected chi connectivity index (χ4v) is 3.79. The molecular weight excluding hydrogens is 340 g/mol. The van der Waals surface area contributed by atoms with Gasteiger partial charge in [-0.1, -0.05) is 56.1 Å². The molecule has 0 saturated carbocycles. The maximum Gasteiger partial charge on any atom is 0.0254 e. The second-order valence-corrected chi connectivity index (χ2v) is 6.21.